The molecule has 1 unspecified atom stereocenters. The Hall–Kier alpha value is -3.53. The van der Waals surface area contributed by atoms with E-state index in [4.69, 9.17) is 4.74 Å². The zero-order valence-corrected chi connectivity index (χ0v) is 19.3. The fraction of sp³-hybridized carbons (Fsp3) is 0.250. The number of pyridine rings is 1. The molecule has 2 aromatic carbocycles. The van der Waals surface area contributed by atoms with Crippen molar-refractivity contribution in [2.45, 2.75) is 33.1 Å². The number of rotatable bonds is 6. The Morgan fingerprint density at radius 3 is 1.91 bits per heavy atom. The molecule has 4 rings (SSSR count). The van der Waals surface area contributed by atoms with Gasteiger partial charge < -0.3 is 4.74 Å². The number of methoxy groups -OCH3 is 1. The molecule has 0 aliphatic rings. The maximum absolute atomic E-state index is 5.32. The second kappa shape index (κ2) is 8.91. The molecule has 0 bridgehead atoms. The van der Waals surface area contributed by atoms with Crippen LogP contribution in [0.3, 0.4) is 0 Å². The molecule has 162 valence electrons. The minimum atomic E-state index is -0.122. The second-order valence-electron chi connectivity index (χ2n) is 8.69. The van der Waals surface area contributed by atoms with E-state index in [0.29, 0.717) is 5.92 Å². The van der Waals surface area contributed by atoms with Gasteiger partial charge in [-0.05, 0) is 47.7 Å². The number of nitrogens with zero attached hydrogens (tertiary/aromatic N) is 3. The molecule has 0 spiro atoms. The number of hydrogen-bond donors (Lipinski definition) is 0. The maximum Gasteiger partial charge on any atom is 0.137 e. The van der Waals surface area contributed by atoms with Crippen LogP contribution in [-0.2, 0) is 5.41 Å². The van der Waals surface area contributed by atoms with Crippen molar-refractivity contribution in [2.24, 2.45) is 5.92 Å². The lowest BCUT2D eigenvalue weighted by Gasteiger charge is -2.35. The van der Waals surface area contributed by atoms with Crippen molar-refractivity contribution in [3.8, 4) is 28.1 Å². The van der Waals surface area contributed by atoms with Crippen molar-refractivity contribution in [3.05, 3.63) is 95.9 Å². The number of ether oxygens (including phenoxy) is 1. The van der Waals surface area contributed by atoms with Gasteiger partial charge in [-0.1, -0.05) is 69.3 Å². The molecule has 0 radical (unpaired) electrons. The molecule has 4 aromatic rings. The van der Waals surface area contributed by atoms with E-state index in [1.807, 2.05) is 31.3 Å². The molecular formula is C28H29N3O. The van der Waals surface area contributed by atoms with Crippen LogP contribution in [0.4, 0.5) is 0 Å². The number of hydrogen-bond acceptors (Lipinski definition) is 4. The van der Waals surface area contributed by atoms with Crippen LogP contribution in [0.1, 0.15) is 37.6 Å². The summed E-state index contributed by atoms with van der Waals surface area (Å²) in [7, 11) is 1.66. The topological polar surface area (TPSA) is 47.9 Å². The zero-order valence-electron chi connectivity index (χ0n) is 19.3. The van der Waals surface area contributed by atoms with E-state index in [2.05, 4.69) is 84.5 Å². The zero-order chi connectivity index (χ0) is 22.7. The molecule has 0 aliphatic heterocycles. The van der Waals surface area contributed by atoms with Gasteiger partial charge in [-0.2, -0.15) is 10.2 Å². The molecule has 32 heavy (non-hydrogen) atoms. The van der Waals surface area contributed by atoms with Gasteiger partial charge in [-0.3, -0.25) is 4.98 Å². The summed E-state index contributed by atoms with van der Waals surface area (Å²) >= 11 is 0. The summed E-state index contributed by atoms with van der Waals surface area (Å²) in [6, 6.07) is 23.5. The number of benzene rings is 2. The average molecular weight is 424 g/mol. The van der Waals surface area contributed by atoms with Crippen LogP contribution < -0.4 is 4.74 Å². The summed E-state index contributed by atoms with van der Waals surface area (Å²) in [4.78, 5) is 4.28. The lowest BCUT2D eigenvalue weighted by atomic mass is 9.68. The van der Waals surface area contributed by atoms with Crippen molar-refractivity contribution < 1.29 is 4.74 Å². The third-order valence-electron chi connectivity index (χ3n) is 6.50. The van der Waals surface area contributed by atoms with Crippen molar-refractivity contribution in [1.82, 2.24) is 15.2 Å². The largest absolute Gasteiger partial charge is 0.495 e. The van der Waals surface area contributed by atoms with Crippen LogP contribution in [0.2, 0.25) is 0 Å². The summed E-state index contributed by atoms with van der Waals surface area (Å²) in [6.45, 7) is 8.82. The van der Waals surface area contributed by atoms with Crippen molar-refractivity contribution >= 4 is 0 Å². The fourth-order valence-electron chi connectivity index (χ4n) is 4.07. The highest BCUT2D eigenvalue weighted by atomic mass is 16.5. The van der Waals surface area contributed by atoms with Gasteiger partial charge in [0.05, 0.1) is 24.7 Å². The van der Waals surface area contributed by atoms with Gasteiger partial charge in [0.1, 0.15) is 5.75 Å². The summed E-state index contributed by atoms with van der Waals surface area (Å²) in [6.07, 6.45) is 3.59. The van der Waals surface area contributed by atoms with Gasteiger partial charge in [-0.15, -0.1) is 0 Å². The Labute approximate surface area is 190 Å². The highest BCUT2D eigenvalue weighted by Crippen LogP contribution is 2.40. The predicted molar refractivity (Wildman–Crippen MR) is 130 cm³/mol. The van der Waals surface area contributed by atoms with E-state index >= 15 is 0 Å². The summed E-state index contributed by atoms with van der Waals surface area (Å²) in [5.74, 6) is 1.17. The van der Waals surface area contributed by atoms with Crippen LogP contribution in [0.5, 0.6) is 5.75 Å². The average Bonchev–Trinajstić information content (AvgIpc) is 2.84. The predicted octanol–water partition coefficient (Wildman–Crippen LogP) is 6.48. The first kappa shape index (κ1) is 21.7. The standard InChI is InChI=1S/C28H29N3O/c1-19(2)28(4,25-13-9-22(10-14-25)27-15-6-20(3)30-31-27)24-11-7-21(8-12-24)23-16-26(32-5)18-29-17-23/h6-19H,1-5H3. The van der Waals surface area contributed by atoms with Crippen LogP contribution in [0.25, 0.3) is 22.4 Å². The van der Waals surface area contributed by atoms with Gasteiger partial charge >= 0.3 is 0 Å². The van der Waals surface area contributed by atoms with Crippen molar-refractivity contribution in [2.75, 3.05) is 7.11 Å². The quantitative estimate of drug-likeness (QED) is 0.356. The molecule has 4 heteroatoms. The maximum atomic E-state index is 5.32. The Morgan fingerprint density at radius 1 is 0.750 bits per heavy atom. The molecular weight excluding hydrogens is 394 g/mol. The molecule has 0 saturated heterocycles. The first-order valence-corrected chi connectivity index (χ1v) is 10.9. The Kier molecular flexibility index (Phi) is 6.04. The Balaban J connectivity index is 1.66. The van der Waals surface area contributed by atoms with Crippen LogP contribution in [0, 0.1) is 12.8 Å². The third kappa shape index (κ3) is 4.13. The molecule has 0 aliphatic carbocycles. The van der Waals surface area contributed by atoms with Crippen LogP contribution >= 0.6 is 0 Å². The van der Waals surface area contributed by atoms with E-state index in [1.54, 1.807) is 13.3 Å². The highest BCUT2D eigenvalue weighted by Gasteiger charge is 2.32. The Bertz CT molecular complexity index is 1180. The number of aromatic nitrogens is 3. The van der Waals surface area contributed by atoms with E-state index in [1.165, 1.54) is 11.1 Å². The van der Waals surface area contributed by atoms with E-state index in [9.17, 15) is 0 Å². The van der Waals surface area contributed by atoms with Crippen LogP contribution in [-0.4, -0.2) is 22.3 Å². The molecule has 4 nitrogen and oxygen atoms in total. The van der Waals surface area contributed by atoms with Gasteiger partial charge in [0, 0.05) is 22.7 Å². The van der Waals surface area contributed by atoms with Crippen molar-refractivity contribution in [3.63, 3.8) is 0 Å². The molecule has 0 amide bonds. The van der Waals surface area contributed by atoms with Gasteiger partial charge in [0.2, 0.25) is 0 Å². The lowest BCUT2D eigenvalue weighted by Crippen LogP contribution is -2.30. The molecule has 0 fully saturated rings. The summed E-state index contributed by atoms with van der Waals surface area (Å²) in [5, 5.41) is 8.50. The summed E-state index contributed by atoms with van der Waals surface area (Å²) in [5.41, 5.74) is 7.51. The van der Waals surface area contributed by atoms with Gasteiger partial charge in [-0.25, -0.2) is 0 Å². The molecule has 2 aromatic heterocycles. The first-order chi connectivity index (χ1) is 15.4. The van der Waals surface area contributed by atoms with Crippen LogP contribution in [0.15, 0.2) is 79.1 Å². The smallest absolute Gasteiger partial charge is 0.137 e. The normalized spacial score (nSPS) is 13.1. The van der Waals surface area contributed by atoms with Gasteiger partial charge in [0.15, 0.2) is 0 Å². The third-order valence-corrected chi connectivity index (χ3v) is 6.50. The first-order valence-electron chi connectivity index (χ1n) is 10.9. The Morgan fingerprint density at radius 2 is 1.38 bits per heavy atom. The monoisotopic (exact) mass is 423 g/mol. The van der Waals surface area contributed by atoms with E-state index in [-0.39, 0.29) is 5.41 Å². The fourth-order valence-corrected chi connectivity index (χ4v) is 4.07. The van der Waals surface area contributed by atoms with Crippen molar-refractivity contribution in [1.29, 1.82) is 0 Å². The molecule has 0 saturated carbocycles. The van der Waals surface area contributed by atoms with E-state index in [0.717, 1.165) is 33.8 Å². The summed E-state index contributed by atoms with van der Waals surface area (Å²) < 4.78 is 5.32. The van der Waals surface area contributed by atoms with Gasteiger partial charge in [0.25, 0.3) is 0 Å². The molecule has 1 atom stereocenters. The highest BCUT2D eigenvalue weighted by molar-refractivity contribution is 5.65. The SMILES string of the molecule is COc1cncc(-c2ccc(C(C)(c3ccc(-c4ccc(C)nn4)cc3)C(C)C)cc2)c1. The minimum absolute atomic E-state index is 0.122. The minimum Gasteiger partial charge on any atom is -0.495 e. The van der Waals surface area contributed by atoms with E-state index < -0.39 is 0 Å². The number of aryl methyl sites for hydroxylation is 1. The molecule has 0 N–H and O–H groups in total. The second-order valence-corrected chi connectivity index (χ2v) is 8.69. The lowest BCUT2D eigenvalue weighted by molar-refractivity contribution is 0.405. The molecule has 2 heterocycles.